The van der Waals surface area contributed by atoms with Crippen molar-refractivity contribution >= 4 is 29.0 Å². The molecule has 1 amide bonds. The first-order valence-corrected chi connectivity index (χ1v) is 8.39. The number of nitrogens with one attached hydrogen (secondary N) is 2. The van der Waals surface area contributed by atoms with Gasteiger partial charge in [-0.25, -0.2) is 14.4 Å². The topological polar surface area (TPSA) is 76.1 Å². The van der Waals surface area contributed by atoms with Crippen LogP contribution in [-0.2, 0) is 6.54 Å². The smallest absolute Gasteiger partial charge is 0.271 e. The van der Waals surface area contributed by atoms with E-state index in [1.807, 2.05) is 0 Å². The fourth-order valence-corrected chi connectivity index (χ4v) is 2.51. The van der Waals surface area contributed by atoms with Gasteiger partial charge in [0.2, 0.25) is 0 Å². The predicted octanol–water partition coefficient (Wildman–Crippen LogP) is 3.95. The summed E-state index contributed by atoms with van der Waals surface area (Å²) >= 11 is 5.99. The molecule has 8 heteroatoms. The number of anilines is 2. The van der Waals surface area contributed by atoms with Crippen LogP contribution >= 0.6 is 11.6 Å². The van der Waals surface area contributed by atoms with Crippen molar-refractivity contribution in [3.63, 3.8) is 0 Å². The van der Waals surface area contributed by atoms with Crippen LogP contribution in [-0.4, -0.2) is 23.0 Å². The summed E-state index contributed by atoms with van der Waals surface area (Å²) < 4.78 is 18.8. The maximum Gasteiger partial charge on any atom is 0.271 e. The molecule has 138 valence electrons. The van der Waals surface area contributed by atoms with E-state index in [0.29, 0.717) is 27.8 Å². The summed E-state index contributed by atoms with van der Waals surface area (Å²) in [5, 5.41) is 6.18. The van der Waals surface area contributed by atoms with Gasteiger partial charge in [-0.05, 0) is 24.3 Å². The fourth-order valence-electron chi connectivity index (χ4n) is 2.33. The van der Waals surface area contributed by atoms with E-state index in [4.69, 9.17) is 16.3 Å². The summed E-state index contributed by atoms with van der Waals surface area (Å²) in [6.07, 6.45) is 2.74. The molecule has 0 spiro atoms. The van der Waals surface area contributed by atoms with Gasteiger partial charge in [0.25, 0.3) is 5.91 Å². The Balaban J connectivity index is 1.65. The van der Waals surface area contributed by atoms with Crippen molar-refractivity contribution < 1.29 is 13.9 Å². The van der Waals surface area contributed by atoms with Crippen LogP contribution in [0.1, 0.15) is 16.1 Å². The molecule has 1 aromatic heterocycles. The molecule has 0 aliphatic carbocycles. The number of amides is 1. The molecule has 0 aliphatic rings. The molecule has 0 atom stereocenters. The Morgan fingerprint density at radius 1 is 1.19 bits per heavy atom. The minimum Gasteiger partial charge on any atom is -0.495 e. The van der Waals surface area contributed by atoms with Gasteiger partial charge < -0.3 is 15.4 Å². The molecule has 0 unspecified atom stereocenters. The third-order valence-electron chi connectivity index (χ3n) is 3.71. The summed E-state index contributed by atoms with van der Waals surface area (Å²) in [6, 6.07) is 11.4. The molecule has 6 nitrogen and oxygen atoms in total. The molecule has 0 saturated carbocycles. The second-order valence-corrected chi connectivity index (χ2v) is 5.97. The monoisotopic (exact) mass is 386 g/mol. The fraction of sp³-hybridized carbons (Fsp3) is 0.105. The molecule has 0 saturated heterocycles. The third-order valence-corrected chi connectivity index (χ3v) is 3.94. The highest BCUT2D eigenvalue weighted by molar-refractivity contribution is 6.31. The zero-order chi connectivity index (χ0) is 19.2. The maximum absolute atomic E-state index is 13.6. The van der Waals surface area contributed by atoms with Crippen molar-refractivity contribution in [2.75, 3.05) is 12.4 Å². The number of rotatable bonds is 6. The van der Waals surface area contributed by atoms with Crippen LogP contribution in [0.3, 0.4) is 0 Å². The van der Waals surface area contributed by atoms with Gasteiger partial charge in [-0.15, -0.1) is 0 Å². The predicted molar refractivity (Wildman–Crippen MR) is 101 cm³/mol. The Morgan fingerprint density at radius 2 is 2.00 bits per heavy atom. The van der Waals surface area contributed by atoms with Gasteiger partial charge in [-0.1, -0.05) is 29.8 Å². The standard InChI is InChI=1S/C19H16ClFN4O2/c1-27-17-7-6-13(20)8-15(17)25-18-11-22-16(10-23-18)19(26)24-9-12-4-2-3-5-14(12)21/h2-8,10-11H,9H2,1H3,(H,23,25)(H,24,26). The number of benzene rings is 2. The largest absolute Gasteiger partial charge is 0.495 e. The Morgan fingerprint density at radius 3 is 2.70 bits per heavy atom. The van der Waals surface area contributed by atoms with E-state index >= 15 is 0 Å². The minimum absolute atomic E-state index is 0.0624. The zero-order valence-corrected chi connectivity index (χ0v) is 15.1. The molecule has 0 radical (unpaired) electrons. The van der Waals surface area contributed by atoms with Crippen LogP contribution in [0.2, 0.25) is 5.02 Å². The Hall–Kier alpha value is -3.19. The van der Waals surface area contributed by atoms with Crippen LogP contribution in [0.25, 0.3) is 0 Å². The van der Waals surface area contributed by atoms with Gasteiger partial charge in [-0.2, -0.15) is 0 Å². The average molecular weight is 387 g/mol. The summed E-state index contributed by atoms with van der Waals surface area (Å²) in [4.78, 5) is 20.4. The van der Waals surface area contributed by atoms with Gasteiger partial charge in [0.05, 0.1) is 25.2 Å². The highest BCUT2D eigenvalue weighted by Gasteiger charge is 2.10. The number of methoxy groups -OCH3 is 1. The lowest BCUT2D eigenvalue weighted by atomic mass is 10.2. The van der Waals surface area contributed by atoms with Crippen molar-refractivity contribution in [3.8, 4) is 5.75 Å². The van der Waals surface area contributed by atoms with Crippen molar-refractivity contribution in [1.82, 2.24) is 15.3 Å². The van der Waals surface area contributed by atoms with Gasteiger partial charge in [0.15, 0.2) is 0 Å². The first-order valence-electron chi connectivity index (χ1n) is 8.01. The van der Waals surface area contributed by atoms with Crippen molar-refractivity contribution in [1.29, 1.82) is 0 Å². The summed E-state index contributed by atoms with van der Waals surface area (Å²) in [7, 11) is 1.54. The number of carbonyl (C=O) groups excluding carboxylic acids is 1. The lowest BCUT2D eigenvalue weighted by molar-refractivity contribution is 0.0945. The molecule has 1 heterocycles. The highest BCUT2D eigenvalue weighted by atomic mass is 35.5. The SMILES string of the molecule is COc1ccc(Cl)cc1Nc1cnc(C(=O)NCc2ccccc2F)cn1. The van der Waals surface area contributed by atoms with E-state index in [9.17, 15) is 9.18 Å². The lowest BCUT2D eigenvalue weighted by Crippen LogP contribution is -2.24. The van der Waals surface area contributed by atoms with E-state index < -0.39 is 5.91 Å². The Labute approximate surface area is 160 Å². The van der Waals surface area contributed by atoms with Gasteiger partial charge in [0.1, 0.15) is 23.1 Å². The normalized spacial score (nSPS) is 10.3. The number of halogens is 2. The first kappa shape index (κ1) is 18.6. The molecule has 0 bridgehead atoms. The summed E-state index contributed by atoms with van der Waals surface area (Å²) in [5.74, 6) is 0.186. The van der Waals surface area contributed by atoms with E-state index in [2.05, 4.69) is 20.6 Å². The lowest BCUT2D eigenvalue weighted by Gasteiger charge is -2.11. The highest BCUT2D eigenvalue weighted by Crippen LogP contribution is 2.29. The number of carbonyl (C=O) groups is 1. The Bertz CT molecular complexity index is 951. The number of aromatic nitrogens is 2. The van der Waals surface area contributed by atoms with Crippen molar-refractivity contribution in [2.24, 2.45) is 0 Å². The molecule has 27 heavy (non-hydrogen) atoms. The molecule has 0 fully saturated rings. The number of hydrogen-bond acceptors (Lipinski definition) is 5. The van der Waals surface area contributed by atoms with Gasteiger partial charge >= 0.3 is 0 Å². The van der Waals surface area contributed by atoms with E-state index in [-0.39, 0.29) is 18.1 Å². The molecule has 3 aromatic rings. The molecular formula is C19H16ClFN4O2. The van der Waals surface area contributed by atoms with E-state index in [0.717, 1.165) is 0 Å². The second kappa shape index (κ2) is 8.46. The zero-order valence-electron chi connectivity index (χ0n) is 14.4. The molecule has 3 rings (SSSR count). The van der Waals surface area contributed by atoms with Crippen LogP contribution in [0.5, 0.6) is 5.75 Å². The Kier molecular flexibility index (Phi) is 5.83. The minimum atomic E-state index is -0.447. The number of nitrogens with zero attached hydrogens (tertiary/aromatic N) is 2. The van der Waals surface area contributed by atoms with Crippen LogP contribution in [0.15, 0.2) is 54.9 Å². The first-order chi connectivity index (χ1) is 13.1. The molecule has 0 aliphatic heterocycles. The van der Waals surface area contributed by atoms with E-state index in [1.54, 1.807) is 43.5 Å². The van der Waals surface area contributed by atoms with E-state index in [1.165, 1.54) is 18.5 Å². The second-order valence-electron chi connectivity index (χ2n) is 5.53. The third kappa shape index (κ3) is 4.71. The van der Waals surface area contributed by atoms with Crippen molar-refractivity contribution in [2.45, 2.75) is 6.54 Å². The maximum atomic E-state index is 13.6. The van der Waals surface area contributed by atoms with Crippen LogP contribution in [0.4, 0.5) is 15.9 Å². The summed E-state index contributed by atoms with van der Waals surface area (Å²) in [5.41, 5.74) is 1.14. The quantitative estimate of drug-likeness (QED) is 0.670. The van der Waals surface area contributed by atoms with Crippen LogP contribution in [0, 0.1) is 5.82 Å². The van der Waals surface area contributed by atoms with Crippen molar-refractivity contribution in [3.05, 3.63) is 77.0 Å². The molecule has 2 N–H and O–H groups in total. The molecule has 2 aromatic carbocycles. The summed E-state index contributed by atoms with van der Waals surface area (Å²) in [6.45, 7) is 0.0624. The van der Waals surface area contributed by atoms with Gasteiger partial charge in [-0.3, -0.25) is 4.79 Å². The molecular weight excluding hydrogens is 371 g/mol. The number of hydrogen-bond donors (Lipinski definition) is 2. The van der Waals surface area contributed by atoms with Crippen LogP contribution < -0.4 is 15.4 Å². The van der Waals surface area contributed by atoms with Gasteiger partial charge in [0, 0.05) is 17.1 Å². The average Bonchev–Trinajstić information content (AvgIpc) is 2.68. The number of ether oxygens (including phenoxy) is 1.